The molecule has 0 amide bonds. The van der Waals surface area contributed by atoms with Crippen molar-refractivity contribution in [2.24, 2.45) is 0 Å². The van der Waals surface area contributed by atoms with Gasteiger partial charge in [-0.25, -0.2) is 4.79 Å². The Labute approximate surface area is 88.8 Å². The minimum Gasteiger partial charge on any atom is -0.618 e. The summed E-state index contributed by atoms with van der Waals surface area (Å²) in [5.74, 6) is -0.833. The highest BCUT2D eigenvalue weighted by Crippen LogP contribution is 2.26. The number of pyridine rings is 1. The van der Waals surface area contributed by atoms with Crippen molar-refractivity contribution < 1.29 is 27.4 Å². The van der Waals surface area contributed by atoms with Crippen LogP contribution >= 0.6 is 0 Å². The Morgan fingerprint density at radius 1 is 1.50 bits per heavy atom. The van der Waals surface area contributed by atoms with Gasteiger partial charge in [0, 0.05) is 6.07 Å². The van der Waals surface area contributed by atoms with E-state index in [9.17, 15) is 23.2 Å². The predicted octanol–water partition coefficient (Wildman–Crippen LogP) is 1.52. The average Bonchev–Trinajstić information content (AvgIpc) is 2.16. The number of nitrogens with zero attached hydrogens (tertiary/aromatic N) is 1. The molecule has 0 aliphatic carbocycles. The van der Waals surface area contributed by atoms with Gasteiger partial charge in [0.25, 0.3) is 5.69 Å². The van der Waals surface area contributed by atoms with Gasteiger partial charge in [0.05, 0.1) is 6.61 Å². The highest BCUT2D eigenvalue weighted by molar-refractivity contribution is 5.88. The number of carbonyl (C=O) groups is 1. The van der Waals surface area contributed by atoms with Crippen LogP contribution in [0.4, 0.5) is 13.2 Å². The molecule has 0 aromatic carbocycles. The number of hydrogen-bond acceptors (Lipinski definition) is 3. The molecule has 0 radical (unpaired) electrons. The first-order valence-corrected chi connectivity index (χ1v) is 4.33. The third-order valence-corrected chi connectivity index (χ3v) is 1.72. The zero-order valence-corrected chi connectivity index (χ0v) is 8.25. The van der Waals surface area contributed by atoms with Crippen LogP contribution in [-0.2, 0) is 10.9 Å². The highest BCUT2D eigenvalue weighted by atomic mass is 19.4. The van der Waals surface area contributed by atoms with Gasteiger partial charge < -0.3 is 9.94 Å². The van der Waals surface area contributed by atoms with E-state index >= 15 is 0 Å². The van der Waals surface area contributed by atoms with Gasteiger partial charge in [0.15, 0.2) is 6.20 Å². The largest absolute Gasteiger partial charge is 0.618 e. The molecule has 0 spiro atoms. The second kappa shape index (κ2) is 4.38. The first-order chi connectivity index (χ1) is 7.36. The molecule has 0 aliphatic rings. The summed E-state index contributed by atoms with van der Waals surface area (Å²) in [6.07, 6.45) is -4.20. The first-order valence-electron chi connectivity index (χ1n) is 4.33. The molecule has 0 fully saturated rings. The van der Waals surface area contributed by atoms with E-state index in [1.54, 1.807) is 6.92 Å². The van der Waals surface area contributed by atoms with Crippen LogP contribution in [0.2, 0.25) is 0 Å². The molecule has 88 valence electrons. The van der Waals surface area contributed by atoms with E-state index in [1.165, 1.54) is 0 Å². The zero-order chi connectivity index (χ0) is 12.3. The Morgan fingerprint density at radius 3 is 2.56 bits per heavy atom. The third-order valence-electron chi connectivity index (χ3n) is 1.72. The molecule has 1 heterocycles. The smallest absolute Gasteiger partial charge is 0.478 e. The maximum absolute atomic E-state index is 12.2. The van der Waals surface area contributed by atoms with Crippen LogP contribution in [0.5, 0.6) is 0 Å². The van der Waals surface area contributed by atoms with E-state index < -0.39 is 22.6 Å². The summed E-state index contributed by atoms with van der Waals surface area (Å²) in [6.45, 7) is 1.63. The van der Waals surface area contributed by atoms with Crippen molar-refractivity contribution in [2.45, 2.75) is 13.1 Å². The van der Waals surface area contributed by atoms with E-state index in [-0.39, 0.29) is 12.2 Å². The summed E-state index contributed by atoms with van der Waals surface area (Å²) in [7, 11) is 0. The lowest BCUT2D eigenvalue weighted by atomic mass is 10.2. The van der Waals surface area contributed by atoms with Crippen LogP contribution < -0.4 is 4.73 Å². The summed E-state index contributed by atoms with van der Waals surface area (Å²) >= 11 is 0. The minimum absolute atomic E-state index is 0.0821. The van der Waals surface area contributed by atoms with Crippen molar-refractivity contribution in [3.05, 3.63) is 34.8 Å². The lowest BCUT2D eigenvalue weighted by molar-refractivity contribution is -0.629. The van der Waals surface area contributed by atoms with Gasteiger partial charge >= 0.3 is 12.1 Å². The van der Waals surface area contributed by atoms with Gasteiger partial charge in [-0.15, -0.1) is 0 Å². The summed E-state index contributed by atoms with van der Waals surface area (Å²) in [6, 6.07) is 1.44. The second-order valence-corrected chi connectivity index (χ2v) is 2.85. The number of aromatic nitrogens is 1. The molecule has 0 bridgehead atoms. The molecule has 0 atom stereocenters. The summed E-state index contributed by atoms with van der Waals surface area (Å²) in [5.41, 5.74) is -1.59. The first kappa shape index (κ1) is 12.3. The Hall–Kier alpha value is -1.79. The van der Waals surface area contributed by atoms with Crippen LogP contribution in [0.25, 0.3) is 0 Å². The normalized spacial score (nSPS) is 11.2. The summed E-state index contributed by atoms with van der Waals surface area (Å²) in [4.78, 5) is 11.1. The Balaban J connectivity index is 3.05. The fourth-order valence-corrected chi connectivity index (χ4v) is 1.04. The van der Waals surface area contributed by atoms with Crippen molar-refractivity contribution in [1.82, 2.24) is 0 Å². The van der Waals surface area contributed by atoms with Crippen LogP contribution in [0.3, 0.4) is 0 Å². The fraction of sp³-hybridized carbons (Fsp3) is 0.333. The maximum atomic E-state index is 12.2. The molecule has 1 aromatic rings. The van der Waals surface area contributed by atoms with Crippen LogP contribution in [0.15, 0.2) is 18.3 Å². The molecular formula is C9H8F3NO3. The Kier molecular flexibility index (Phi) is 3.36. The molecule has 1 aromatic heterocycles. The van der Waals surface area contributed by atoms with E-state index in [4.69, 9.17) is 0 Å². The van der Waals surface area contributed by atoms with Gasteiger partial charge in [-0.3, -0.25) is 0 Å². The van der Waals surface area contributed by atoms with Crippen molar-refractivity contribution >= 4 is 5.97 Å². The number of ether oxygens (including phenoxy) is 1. The monoisotopic (exact) mass is 235 g/mol. The van der Waals surface area contributed by atoms with Gasteiger partial charge in [-0.2, -0.15) is 17.9 Å². The minimum atomic E-state index is -4.74. The molecule has 0 aliphatic heterocycles. The predicted molar refractivity (Wildman–Crippen MR) is 46.4 cm³/mol. The number of rotatable bonds is 2. The van der Waals surface area contributed by atoms with Gasteiger partial charge in [-0.1, -0.05) is 0 Å². The third kappa shape index (κ3) is 2.62. The van der Waals surface area contributed by atoms with E-state index in [0.29, 0.717) is 12.3 Å². The number of alkyl halides is 3. The summed E-state index contributed by atoms with van der Waals surface area (Å²) < 4.78 is 40.7. The number of carbonyl (C=O) groups excluding carboxylic acids is 1. The van der Waals surface area contributed by atoms with E-state index in [0.717, 1.165) is 6.07 Å². The molecule has 16 heavy (non-hydrogen) atoms. The number of hydrogen-bond donors (Lipinski definition) is 0. The van der Waals surface area contributed by atoms with E-state index in [1.807, 2.05) is 0 Å². The van der Waals surface area contributed by atoms with Crippen molar-refractivity contribution in [3.63, 3.8) is 0 Å². The lowest BCUT2D eigenvalue weighted by Gasteiger charge is -2.08. The molecular weight excluding hydrogens is 227 g/mol. The molecule has 0 unspecified atom stereocenters. The van der Waals surface area contributed by atoms with Crippen molar-refractivity contribution in [3.8, 4) is 0 Å². The fourth-order valence-electron chi connectivity index (χ4n) is 1.04. The molecule has 7 heteroatoms. The van der Waals surface area contributed by atoms with Gasteiger partial charge in [0.1, 0.15) is 5.56 Å². The van der Waals surface area contributed by atoms with Gasteiger partial charge in [0.2, 0.25) is 0 Å². The Morgan fingerprint density at radius 2 is 2.12 bits per heavy atom. The van der Waals surface area contributed by atoms with Crippen LogP contribution in [-0.4, -0.2) is 12.6 Å². The molecule has 0 N–H and O–H groups in total. The lowest BCUT2D eigenvalue weighted by Crippen LogP contribution is -2.37. The maximum Gasteiger partial charge on any atom is 0.478 e. The molecule has 0 saturated heterocycles. The number of esters is 1. The SMILES string of the molecule is CCOC(=O)c1ccc(C(F)(F)F)[n+]([O-])c1. The topological polar surface area (TPSA) is 53.2 Å². The molecule has 4 nitrogen and oxygen atoms in total. The van der Waals surface area contributed by atoms with Crippen molar-refractivity contribution in [2.75, 3.05) is 6.61 Å². The van der Waals surface area contributed by atoms with Gasteiger partial charge in [-0.05, 0) is 13.0 Å². The van der Waals surface area contributed by atoms with Crippen LogP contribution in [0.1, 0.15) is 23.0 Å². The molecule has 0 saturated carbocycles. The highest BCUT2D eigenvalue weighted by Gasteiger charge is 2.39. The van der Waals surface area contributed by atoms with E-state index in [2.05, 4.69) is 4.74 Å². The standard InChI is InChI=1S/C9H8F3NO3/c1-2-16-8(14)6-3-4-7(9(10,11)12)13(15)5-6/h3-5H,2H2,1H3. The Bertz CT molecular complexity index is 403. The number of halogens is 3. The van der Waals surface area contributed by atoms with Crippen molar-refractivity contribution in [1.29, 1.82) is 0 Å². The second-order valence-electron chi connectivity index (χ2n) is 2.85. The molecule has 1 rings (SSSR count). The zero-order valence-electron chi connectivity index (χ0n) is 8.25. The summed E-state index contributed by atoms with van der Waals surface area (Å²) in [5, 5.41) is 11.0. The van der Waals surface area contributed by atoms with Crippen LogP contribution in [0, 0.1) is 5.21 Å². The quantitative estimate of drug-likeness (QED) is 0.443. The average molecular weight is 235 g/mol.